The molecule has 0 aliphatic heterocycles. The molecule has 0 spiro atoms. The van der Waals surface area contributed by atoms with Gasteiger partial charge in [0.2, 0.25) is 0 Å². The Morgan fingerprint density at radius 2 is 1.95 bits per heavy atom. The second-order valence-electron chi connectivity index (χ2n) is 4.51. The molecule has 1 atom stereocenters. The molecule has 1 aromatic heterocycles. The fraction of sp³-hybridized carbons (Fsp3) is 0.214. The smallest absolute Gasteiger partial charge is 0.324 e. The molecule has 1 aromatic carbocycles. The van der Waals surface area contributed by atoms with Crippen molar-refractivity contribution in [1.82, 2.24) is 4.98 Å². The number of nitrogens with two attached hydrogens (primary N) is 1. The third kappa shape index (κ3) is 3.71. The summed E-state index contributed by atoms with van der Waals surface area (Å²) in [6, 6.07) is 2.84. The van der Waals surface area contributed by atoms with E-state index in [-0.39, 0.29) is 12.0 Å². The average molecular weight is 319 g/mol. The lowest BCUT2D eigenvalue weighted by Gasteiger charge is -2.16. The van der Waals surface area contributed by atoms with Gasteiger partial charge in [0.05, 0.1) is 10.6 Å². The molecule has 2 rings (SSSR count). The highest BCUT2D eigenvalue weighted by Gasteiger charge is 2.31. The molecule has 2 N–H and O–H groups in total. The Morgan fingerprint density at radius 3 is 2.57 bits per heavy atom. The van der Waals surface area contributed by atoms with Gasteiger partial charge in [0, 0.05) is 24.0 Å². The lowest BCUT2D eigenvalue weighted by atomic mass is 9.98. The molecule has 1 heterocycles. The van der Waals surface area contributed by atoms with E-state index in [1.807, 2.05) is 0 Å². The minimum atomic E-state index is -4.55. The Kier molecular flexibility index (Phi) is 4.49. The van der Waals surface area contributed by atoms with Gasteiger partial charge >= 0.3 is 6.18 Å². The van der Waals surface area contributed by atoms with Gasteiger partial charge in [-0.15, -0.1) is 0 Å². The SMILES string of the molecule is NC(Cc1ccncc1Cl)c1cc(C(F)(F)F)ccc1F. The first-order chi connectivity index (χ1) is 9.79. The lowest BCUT2D eigenvalue weighted by Crippen LogP contribution is -2.17. The molecule has 112 valence electrons. The van der Waals surface area contributed by atoms with Crippen molar-refractivity contribution in [2.45, 2.75) is 18.6 Å². The number of rotatable bonds is 3. The second-order valence-corrected chi connectivity index (χ2v) is 4.92. The van der Waals surface area contributed by atoms with Crippen LogP contribution in [0, 0.1) is 5.82 Å². The van der Waals surface area contributed by atoms with Crippen molar-refractivity contribution in [2.75, 3.05) is 0 Å². The van der Waals surface area contributed by atoms with Crippen LogP contribution in [0.25, 0.3) is 0 Å². The number of halogens is 5. The van der Waals surface area contributed by atoms with E-state index in [2.05, 4.69) is 4.98 Å². The van der Waals surface area contributed by atoms with Gasteiger partial charge in [-0.3, -0.25) is 4.98 Å². The van der Waals surface area contributed by atoms with Crippen molar-refractivity contribution in [3.8, 4) is 0 Å². The molecule has 0 fully saturated rings. The minimum Gasteiger partial charge on any atom is -0.324 e. The van der Waals surface area contributed by atoms with E-state index in [1.54, 1.807) is 6.07 Å². The van der Waals surface area contributed by atoms with Crippen molar-refractivity contribution in [3.63, 3.8) is 0 Å². The Balaban J connectivity index is 2.31. The quantitative estimate of drug-likeness (QED) is 0.864. The summed E-state index contributed by atoms with van der Waals surface area (Å²) >= 11 is 5.91. The van der Waals surface area contributed by atoms with E-state index < -0.39 is 23.6 Å². The summed E-state index contributed by atoms with van der Waals surface area (Å²) in [6.07, 6.45) is -1.56. The fourth-order valence-corrected chi connectivity index (χ4v) is 2.12. The molecule has 7 heteroatoms. The van der Waals surface area contributed by atoms with Crippen LogP contribution >= 0.6 is 11.6 Å². The predicted octanol–water partition coefficient (Wildman–Crippen LogP) is 4.14. The lowest BCUT2D eigenvalue weighted by molar-refractivity contribution is -0.137. The van der Waals surface area contributed by atoms with E-state index in [9.17, 15) is 17.6 Å². The highest BCUT2D eigenvalue weighted by molar-refractivity contribution is 6.31. The normalized spacial score (nSPS) is 13.2. The largest absolute Gasteiger partial charge is 0.416 e. The molecule has 1 unspecified atom stereocenters. The molecule has 0 bridgehead atoms. The van der Waals surface area contributed by atoms with Crippen molar-refractivity contribution in [1.29, 1.82) is 0 Å². The Labute approximate surface area is 123 Å². The summed E-state index contributed by atoms with van der Waals surface area (Å²) in [5.41, 5.74) is 5.28. The molecular weight excluding hydrogens is 308 g/mol. The van der Waals surface area contributed by atoms with Crippen LogP contribution in [-0.2, 0) is 12.6 Å². The standard InChI is InChI=1S/C14H11ClF4N2/c15-11-7-21-4-3-8(11)5-13(20)10-6-9(14(17,18)19)1-2-12(10)16/h1-4,6-7,13H,5,20H2. The molecule has 0 saturated heterocycles. The molecule has 0 amide bonds. The van der Waals surface area contributed by atoms with E-state index in [0.717, 1.165) is 12.1 Å². The zero-order valence-electron chi connectivity index (χ0n) is 10.7. The molecule has 2 nitrogen and oxygen atoms in total. The van der Waals surface area contributed by atoms with Gasteiger partial charge in [-0.25, -0.2) is 4.39 Å². The van der Waals surface area contributed by atoms with Gasteiger partial charge in [0.15, 0.2) is 0 Å². The zero-order valence-corrected chi connectivity index (χ0v) is 11.4. The summed E-state index contributed by atoms with van der Waals surface area (Å²) in [4.78, 5) is 3.79. The number of alkyl halides is 3. The molecule has 2 aromatic rings. The Morgan fingerprint density at radius 1 is 1.24 bits per heavy atom. The van der Waals surface area contributed by atoms with Crippen LogP contribution < -0.4 is 5.73 Å². The summed E-state index contributed by atoms with van der Waals surface area (Å²) in [5, 5.41) is 0.334. The first-order valence-corrected chi connectivity index (χ1v) is 6.37. The number of benzene rings is 1. The van der Waals surface area contributed by atoms with Gasteiger partial charge < -0.3 is 5.73 Å². The maximum Gasteiger partial charge on any atom is 0.416 e. The average Bonchev–Trinajstić information content (AvgIpc) is 2.40. The number of hydrogen-bond donors (Lipinski definition) is 1. The first kappa shape index (κ1) is 15.7. The van der Waals surface area contributed by atoms with E-state index in [0.29, 0.717) is 16.7 Å². The minimum absolute atomic E-state index is 0.111. The number of nitrogens with zero attached hydrogens (tertiary/aromatic N) is 1. The third-order valence-electron chi connectivity index (χ3n) is 3.02. The Hall–Kier alpha value is -1.66. The second kappa shape index (κ2) is 5.99. The van der Waals surface area contributed by atoms with Gasteiger partial charge in [-0.1, -0.05) is 11.6 Å². The summed E-state index contributed by atoms with van der Waals surface area (Å²) < 4.78 is 51.7. The van der Waals surface area contributed by atoms with Gasteiger partial charge in [-0.05, 0) is 36.2 Å². The fourth-order valence-electron chi connectivity index (χ4n) is 1.92. The summed E-state index contributed by atoms with van der Waals surface area (Å²) in [5.74, 6) is -0.777. The van der Waals surface area contributed by atoms with Crippen LogP contribution in [0.5, 0.6) is 0 Å². The highest BCUT2D eigenvalue weighted by atomic mass is 35.5. The van der Waals surface area contributed by atoms with Gasteiger partial charge in [-0.2, -0.15) is 13.2 Å². The zero-order chi connectivity index (χ0) is 15.6. The number of aromatic nitrogens is 1. The number of pyridine rings is 1. The molecule has 21 heavy (non-hydrogen) atoms. The van der Waals surface area contributed by atoms with Gasteiger partial charge in [0.1, 0.15) is 5.82 Å². The van der Waals surface area contributed by atoms with E-state index in [4.69, 9.17) is 17.3 Å². The van der Waals surface area contributed by atoms with Crippen LogP contribution in [0.1, 0.15) is 22.7 Å². The maximum absolute atomic E-state index is 13.7. The first-order valence-electron chi connectivity index (χ1n) is 5.99. The maximum atomic E-state index is 13.7. The van der Waals surface area contributed by atoms with Crippen LogP contribution in [0.15, 0.2) is 36.7 Å². The van der Waals surface area contributed by atoms with Crippen molar-refractivity contribution in [3.05, 3.63) is 64.2 Å². The van der Waals surface area contributed by atoms with Gasteiger partial charge in [0.25, 0.3) is 0 Å². The summed E-state index contributed by atoms with van der Waals surface area (Å²) in [7, 11) is 0. The van der Waals surface area contributed by atoms with Crippen molar-refractivity contribution >= 4 is 11.6 Å². The molecule has 0 aliphatic carbocycles. The van der Waals surface area contributed by atoms with Crippen molar-refractivity contribution < 1.29 is 17.6 Å². The molecular formula is C14H11ClF4N2. The number of hydrogen-bond acceptors (Lipinski definition) is 2. The highest BCUT2D eigenvalue weighted by Crippen LogP contribution is 2.32. The summed E-state index contributed by atoms with van der Waals surface area (Å²) in [6.45, 7) is 0. The third-order valence-corrected chi connectivity index (χ3v) is 3.36. The van der Waals surface area contributed by atoms with Crippen molar-refractivity contribution in [2.24, 2.45) is 5.73 Å². The van der Waals surface area contributed by atoms with E-state index >= 15 is 0 Å². The van der Waals surface area contributed by atoms with Crippen LogP contribution in [0.2, 0.25) is 5.02 Å². The van der Waals surface area contributed by atoms with Crippen LogP contribution in [0.4, 0.5) is 17.6 Å². The molecule has 0 aliphatic rings. The molecule has 0 radical (unpaired) electrons. The Bertz CT molecular complexity index is 643. The predicted molar refractivity (Wildman–Crippen MR) is 71.3 cm³/mol. The molecule has 0 saturated carbocycles. The van der Waals surface area contributed by atoms with Crippen LogP contribution in [-0.4, -0.2) is 4.98 Å². The van der Waals surface area contributed by atoms with E-state index in [1.165, 1.54) is 12.4 Å². The topological polar surface area (TPSA) is 38.9 Å². The monoisotopic (exact) mass is 318 g/mol. The van der Waals surface area contributed by atoms with Crippen LogP contribution in [0.3, 0.4) is 0 Å².